The van der Waals surface area contributed by atoms with Crippen LogP contribution in [0.3, 0.4) is 0 Å². The lowest BCUT2D eigenvalue weighted by molar-refractivity contribution is 0.444. The van der Waals surface area contributed by atoms with E-state index in [-0.39, 0.29) is 5.82 Å². The van der Waals surface area contributed by atoms with E-state index in [0.717, 1.165) is 18.9 Å². The zero-order valence-corrected chi connectivity index (χ0v) is 12.1. The van der Waals surface area contributed by atoms with Crippen molar-refractivity contribution in [1.29, 1.82) is 0 Å². The molecule has 1 atom stereocenters. The van der Waals surface area contributed by atoms with Gasteiger partial charge < -0.3 is 10.2 Å². The van der Waals surface area contributed by atoms with Gasteiger partial charge >= 0.3 is 0 Å². The molecule has 1 aromatic carbocycles. The van der Waals surface area contributed by atoms with Crippen LogP contribution in [0, 0.1) is 11.7 Å². The summed E-state index contributed by atoms with van der Waals surface area (Å²) in [7, 11) is 0. The molecule has 0 bridgehead atoms. The van der Waals surface area contributed by atoms with Gasteiger partial charge in [0.15, 0.2) is 0 Å². The quantitative estimate of drug-likeness (QED) is 0.936. The van der Waals surface area contributed by atoms with Crippen molar-refractivity contribution in [3.8, 4) is 0 Å². The summed E-state index contributed by atoms with van der Waals surface area (Å²) >= 11 is 0. The van der Waals surface area contributed by atoms with Gasteiger partial charge in [-0.25, -0.2) is 14.4 Å². The van der Waals surface area contributed by atoms with E-state index in [1.807, 2.05) is 12.1 Å². The molecule has 110 valence electrons. The minimum Gasteiger partial charge on any atom is -0.356 e. The van der Waals surface area contributed by atoms with Gasteiger partial charge in [0.2, 0.25) is 0 Å². The van der Waals surface area contributed by atoms with Crippen LogP contribution in [-0.4, -0.2) is 23.1 Å². The lowest BCUT2D eigenvalue weighted by atomic mass is 10.0. The molecule has 5 heteroatoms. The maximum Gasteiger partial charge on any atom is 0.135 e. The van der Waals surface area contributed by atoms with Gasteiger partial charge in [0, 0.05) is 24.8 Å². The van der Waals surface area contributed by atoms with Crippen LogP contribution < -0.4 is 10.2 Å². The fourth-order valence-corrected chi connectivity index (χ4v) is 2.70. The molecule has 0 spiro atoms. The first-order chi connectivity index (χ1) is 10.2. The average molecular weight is 286 g/mol. The molecule has 21 heavy (non-hydrogen) atoms. The fraction of sp³-hybridized carbons (Fsp3) is 0.375. The molecular weight excluding hydrogens is 267 g/mol. The molecule has 2 aromatic rings. The van der Waals surface area contributed by atoms with Gasteiger partial charge in [-0.3, -0.25) is 0 Å². The van der Waals surface area contributed by atoms with E-state index in [1.165, 1.54) is 25.0 Å². The Morgan fingerprint density at radius 1 is 1.29 bits per heavy atom. The third kappa shape index (κ3) is 3.48. The van der Waals surface area contributed by atoms with Crippen molar-refractivity contribution >= 4 is 17.3 Å². The number of benzene rings is 1. The monoisotopic (exact) mass is 286 g/mol. The first-order valence-electron chi connectivity index (χ1n) is 7.30. The van der Waals surface area contributed by atoms with E-state index < -0.39 is 0 Å². The minimum absolute atomic E-state index is 0.265. The molecule has 1 fully saturated rings. The van der Waals surface area contributed by atoms with Crippen LogP contribution in [0.2, 0.25) is 0 Å². The Morgan fingerprint density at radius 3 is 3.00 bits per heavy atom. The number of piperidine rings is 1. The molecule has 0 saturated carbocycles. The zero-order chi connectivity index (χ0) is 14.7. The molecule has 1 saturated heterocycles. The molecule has 1 aliphatic rings. The number of nitrogens with one attached hydrogen (secondary N) is 1. The Labute approximate surface area is 124 Å². The third-order valence-corrected chi connectivity index (χ3v) is 3.73. The maximum absolute atomic E-state index is 13.2. The summed E-state index contributed by atoms with van der Waals surface area (Å²) in [5, 5.41) is 3.12. The van der Waals surface area contributed by atoms with Crippen molar-refractivity contribution in [2.24, 2.45) is 5.92 Å². The Hall–Kier alpha value is -2.17. The van der Waals surface area contributed by atoms with E-state index in [2.05, 4.69) is 27.1 Å². The first kappa shape index (κ1) is 13.8. The highest BCUT2D eigenvalue weighted by molar-refractivity contribution is 5.59. The molecular formula is C16H19FN4. The van der Waals surface area contributed by atoms with E-state index >= 15 is 0 Å². The molecule has 1 N–H and O–H groups in total. The molecule has 0 radical (unpaired) electrons. The van der Waals surface area contributed by atoms with Crippen LogP contribution >= 0.6 is 0 Å². The summed E-state index contributed by atoms with van der Waals surface area (Å²) in [5.74, 6) is 2.03. The van der Waals surface area contributed by atoms with E-state index in [1.54, 1.807) is 12.4 Å². The summed E-state index contributed by atoms with van der Waals surface area (Å²) < 4.78 is 13.2. The predicted octanol–water partition coefficient (Wildman–Crippen LogP) is 3.60. The highest BCUT2D eigenvalue weighted by Crippen LogP contribution is 2.23. The number of aromatic nitrogens is 2. The van der Waals surface area contributed by atoms with Crippen LogP contribution in [0.5, 0.6) is 0 Å². The lowest BCUT2D eigenvalue weighted by Gasteiger charge is -2.31. The third-order valence-electron chi connectivity index (χ3n) is 3.73. The van der Waals surface area contributed by atoms with Gasteiger partial charge in [0.1, 0.15) is 23.8 Å². The minimum atomic E-state index is -0.265. The average Bonchev–Trinajstić information content (AvgIpc) is 2.47. The molecule has 1 aromatic heterocycles. The summed E-state index contributed by atoms with van der Waals surface area (Å²) in [6, 6.07) is 8.28. The van der Waals surface area contributed by atoms with Crippen molar-refractivity contribution in [2.75, 3.05) is 23.3 Å². The topological polar surface area (TPSA) is 41.0 Å². The second-order valence-electron chi connectivity index (χ2n) is 5.59. The molecule has 1 aliphatic heterocycles. The van der Waals surface area contributed by atoms with Crippen molar-refractivity contribution in [2.45, 2.75) is 19.8 Å². The Kier molecular flexibility index (Phi) is 3.99. The van der Waals surface area contributed by atoms with E-state index in [9.17, 15) is 4.39 Å². The molecule has 0 amide bonds. The van der Waals surface area contributed by atoms with Crippen LogP contribution in [0.15, 0.2) is 36.7 Å². The second-order valence-corrected chi connectivity index (χ2v) is 5.59. The lowest BCUT2D eigenvalue weighted by Crippen LogP contribution is -2.34. The summed E-state index contributed by atoms with van der Waals surface area (Å²) in [6.07, 6.45) is 4.02. The molecule has 4 nitrogen and oxygen atoms in total. The van der Waals surface area contributed by atoms with Crippen LogP contribution in [0.4, 0.5) is 21.7 Å². The normalized spacial score (nSPS) is 18.6. The predicted molar refractivity (Wildman–Crippen MR) is 82.3 cm³/mol. The van der Waals surface area contributed by atoms with Crippen molar-refractivity contribution in [1.82, 2.24) is 9.97 Å². The smallest absolute Gasteiger partial charge is 0.135 e. The standard InChI is InChI=1S/C16H19FN4/c1-12-4-3-7-21(10-12)16-9-15(18-11-19-16)20-14-6-2-5-13(17)8-14/h2,5-6,8-9,11-12H,3-4,7,10H2,1H3,(H,18,19,20). The number of hydrogen-bond acceptors (Lipinski definition) is 4. The zero-order valence-electron chi connectivity index (χ0n) is 12.1. The van der Waals surface area contributed by atoms with Gasteiger partial charge in [0.25, 0.3) is 0 Å². The van der Waals surface area contributed by atoms with Gasteiger partial charge in [-0.15, -0.1) is 0 Å². The first-order valence-corrected chi connectivity index (χ1v) is 7.30. The van der Waals surface area contributed by atoms with Crippen LogP contribution in [0.1, 0.15) is 19.8 Å². The molecule has 0 aliphatic carbocycles. The molecule has 3 rings (SSSR count). The van der Waals surface area contributed by atoms with Gasteiger partial charge in [-0.1, -0.05) is 13.0 Å². The second kappa shape index (κ2) is 6.08. The van der Waals surface area contributed by atoms with Gasteiger partial charge in [0.05, 0.1) is 0 Å². The Morgan fingerprint density at radius 2 is 2.19 bits per heavy atom. The summed E-state index contributed by atoms with van der Waals surface area (Å²) in [5.41, 5.74) is 0.687. The number of hydrogen-bond donors (Lipinski definition) is 1. The van der Waals surface area contributed by atoms with E-state index in [4.69, 9.17) is 0 Å². The number of rotatable bonds is 3. The molecule has 1 unspecified atom stereocenters. The number of halogens is 1. The van der Waals surface area contributed by atoms with Crippen LogP contribution in [-0.2, 0) is 0 Å². The van der Waals surface area contributed by atoms with E-state index in [0.29, 0.717) is 17.4 Å². The highest BCUT2D eigenvalue weighted by atomic mass is 19.1. The Balaban J connectivity index is 1.76. The van der Waals surface area contributed by atoms with Crippen molar-refractivity contribution < 1.29 is 4.39 Å². The van der Waals surface area contributed by atoms with Crippen molar-refractivity contribution in [3.05, 3.63) is 42.5 Å². The fourth-order valence-electron chi connectivity index (χ4n) is 2.70. The number of nitrogens with zero attached hydrogens (tertiary/aromatic N) is 3. The Bertz CT molecular complexity index is 617. The van der Waals surface area contributed by atoms with Gasteiger partial charge in [-0.2, -0.15) is 0 Å². The number of anilines is 3. The molecule has 2 heterocycles. The largest absolute Gasteiger partial charge is 0.356 e. The maximum atomic E-state index is 13.2. The highest BCUT2D eigenvalue weighted by Gasteiger charge is 2.17. The van der Waals surface area contributed by atoms with Crippen molar-refractivity contribution in [3.63, 3.8) is 0 Å². The summed E-state index contributed by atoms with van der Waals surface area (Å²) in [4.78, 5) is 10.8. The van der Waals surface area contributed by atoms with Gasteiger partial charge in [-0.05, 0) is 37.0 Å². The summed E-state index contributed by atoms with van der Waals surface area (Å²) in [6.45, 7) is 4.32. The SMILES string of the molecule is CC1CCCN(c2cc(Nc3cccc(F)c3)ncn2)C1. The van der Waals surface area contributed by atoms with Crippen LogP contribution in [0.25, 0.3) is 0 Å².